The number of hydrogen-bond donors (Lipinski definition) is 0. The smallest absolute Gasteiger partial charge is 0.185 e. The molecule has 0 saturated heterocycles. The van der Waals surface area contributed by atoms with Gasteiger partial charge in [0.2, 0.25) is 0 Å². The first kappa shape index (κ1) is 12.6. The van der Waals surface area contributed by atoms with E-state index in [2.05, 4.69) is 55.5 Å². The van der Waals surface area contributed by atoms with Crippen LogP contribution < -0.4 is 4.90 Å². The first-order valence-corrected chi connectivity index (χ1v) is 7.56. The molecule has 4 heteroatoms. The molecule has 90 valence electrons. The Balaban J connectivity index is 2.13. The number of anilines is 1. The molecule has 1 aromatic carbocycles. The number of aromatic nitrogens is 1. The van der Waals surface area contributed by atoms with Crippen LogP contribution in [0.5, 0.6) is 0 Å². The Bertz CT molecular complexity index is 455. The van der Waals surface area contributed by atoms with Crippen molar-refractivity contribution in [2.24, 2.45) is 0 Å². The maximum Gasteiger partial charge on any atom is 0.185 e. The summed E-state index contributed by atoms with van der Waals surface area (Å²) in [4.78, 5) is 6.86. The van der Waals surface area contributed by atoms with Crippen molar-refractivity contribution in [3.8, 4) is 0 Å². The summed E-state index contributed by atoms with van der Waals surface area (Å²) < 4.78 is 0. The number of halogens is 1. The zero-order valence-electron chi connectivity index (χ0n) is 9.77. The Labute approximate surface area is 114 Å². The van der Waals surface area contributed by atoms with Gasteiger partial charge in [0.05, 0.1) is 5.69 Å². The summed E-state index contributed by atoms with van der Waals surface area (Å²) in [6, 6.07) is 10.5. The average molecular weight is 311 g/mol. The molecule has 0 unspecified atom stereocenters. The number of nitrogens with zero attached hydrogens (tertiary/aromatic N) is 2. The number of alkyl halides is 1. The highest BCUT2D eigenvalue weighted by Gasteiger charge is 2.09. The first-order valence-electron chi connectivity index (χ1n) is 5.56. The maximum atomic E-state index is 4.55. The first-order chi connectivity index (χ1) is 8.29. The number of benzene rings is 1. The van der Waals surface area contributed by atoms with Crippen LogP contribution in [0.4, 0.5) is 5.13 Å². The molecule has 2 nitrogen and oxygen atoms in total. The summed E-state index contributed by atoms with van der Waals surface area (Å²) in [5.41, 5.74) is 2.42. The molecule has 0 radical (unpaired) electrons. The normalized spacial score (nSPS) is 10.5. The van der Waals surface area contributed by atoms with Gasteiger partial charge in [0, 0.05) is 23.8 Å². The van der Waals surface area contributed by atoms with Crippen LogP contribution in [0, 0.1) is 6.92 Å². The third kappa shape index (κ3) is 3.54. The van der Waals surface area contributed by atoms with Gasteiger partial charge >= 0.3 is 0 Å². The fraction of sp³-hybridized carbons (Fsp3) is 0.308. The molecule has 0 aliphatic heterocycles. The molecule has 0 aliphatic carbocycles. The molecule has 0 atom stereocenters. The van der Waals surface area contributed by atoms with E-state index in [1.165, 1.54) is 5.56 Å². The van der Waals surface area contributed by atoms with Crippen molar-refractivity contribution in [2.45, 2.75) is 13.5 Å². The van der Waals surface area contributed by atoms with E-state index in [0.29, 0.717) is 0 Å². The molecule has 2 aromatic rings. The van der Waals surface area contributed by atoms with E-state index >= 15 is 0 Å². The van der Waals surface area contributed by atoms with Gasteiger partial charge in [0.1, 0.15) is 0 Å². The lowest BCUT2D eigenvalue weighted by atomic mass is 10.2. The van der Waals surface area contributed by atoms with Crippen molar-refractivity contribution >= 4 is 32.4 Å². The molecule has 2 rings (SSSR count). The Morgan fingerprint density at radius 1 is 1.29 bits per heavy atom. The van der Waals surface area contributed by atoms with Gasteiger partial charge in [-0.05, 0) is 12.5 Å². The third-order valence-corrected chi connectivity index (χ3v) is 3.82. The quantitative estimate of drug-likeness (QED) is 0.780. The predicted molar refractivity (Wildman–Crippen MR) is 78.1 cm³/mol. The molecule has 0 N–H and O–H groups in total. The number of thiazole rings is 1. The summed E-state index contributed by atoms with van der Waals surface area (Å²) >= 11 is 5.21. The SMILES string of the molecule is Cc1csc(N(CCBr)Cc2ccccc2)n1. The highest BCUT2D eigenvalue weighted by Crippen LogP contribution is 2.22. The zero-order chi connectivity index (χ0) is 12.1. The fourth-order valence-electron chi connectivity index (χ4n) is 1.63. The topological polar surface area (TPSA) is 16.1 Å². The summed E-state index contributed by atoms with van der Waals surface area (Å²) in [7, 11) is 0. The van der Waals surface area contributed by atoms with Crippen LogP contribution in [0.25, 0.3) is 0 Å². The lowest BCUT2D eigenvalue weighted by Gasteiger charge is -2.20. The van der Waals surface area contributed by atoms with E-state index in [1.807, 2.05) is 13.0 Å². The Morgan fingerprint density at radius 3 is 2.65 bits per heavy atom. The summed E-state index contributed by atoms with van der Waals surface area (Å²) in [6.45, 7) is 3.93. The minimum Gasteiger partial charge on any atom is -0.343 e. The lowest BCUT2D eigenvalue weighted by molar-refractivity contribution is 0.832. The molecule has 17 heavy (non-hydrogen) atoms. The van der Waals surface area contributed by atoms with Gasteiger partial charge in [0.15, 0.2) is 5.13 Å². The van der Waals surface area contributed by atoms with Crippen LogP contribution in [-0.2, 0) is 6.54 Å². The molecule has 0 aliphatic rings. The number of rotatable bonds is 5. The van der Waals surface area contributed by atoms with Crippen molar-refractivity contribution in [3.63, 3.8) is 0 Å². The standard InChI is InChI=1S/C13H15BrN2S/c1-11-10-17-13(15-11)16(8-7-14)9-12-5-3-2-4-6-12/h2-6,10H,7-9H2,1H3. The van der Waals surface area contributed by atoms with Gasteiger partial charge in [-0.3, -0.25) is 0 Å². The van der Waals surface area contributed by atoms with Gasteiger partial charge < -0.3 is 4.90 Å². The van der Waals surface area contributed by atoms with Gasteiger partial charge in [-0.2, -0.15) is 0 Å². The molecular formula is C13H15BrN2S. The van der Waals surface area contributed by atoms with E-state index in [-0.39, 0.29) is 0 Å². The fourth-order valence-corrected chi connectivity index (χ4v) is 2.89. The summed E-state index contributed by atoms with van der Waals surface area (Å²) in [5.74, 6) is 0. The van der Waals surface area contributed by atoms with Gasteiger partial charge in [-0.15, -0.1) is 11.3 Å². The van der Waals surface area contributed by atoms with Crippen LogP contribution in [-0.4, -0.2) is 16.9 Å². The van der Waals surface area contributed by atoms with E-state index in [1.54, 1.807) is 11.3 Å². The van der Waals surface area contributed by atoms with Crippen molar-refractivity contribution in [1.29, 1.82) is 0 Å². The maximum absolute atomic E-state index is 4.55. The second kappa shape index (κ2) is 6.17. The second-order valence-corrected chi connectivity index (χ2v) is 5.50. The van der Waals surface area contributed by atoms with Crippen LogP contribution in [0.2, 0.25) is 0 Å². The molecule has 1 heterocycles. The minimum atomic E-state index is 0.916. The number of aryl methyl sites for hydroxylation is 1. The van der Waals surface area contributed by atoms with E-state index < -0.39 is 0 Å². The van der Waals surface area contributed by atoms with Gasteiger partial charge in [-0.1, -0.05) is 46.3 Å². The van der Waals surface area contributed by atoms with E-state index in [4.69, 9.17) is 0 Å². The third-order valence-electron chi connectivity index (χ3n) is 2.45. The molecule has 0 saturated carbocycles. The molecule has 0 bridgehead atoms. The number of hydrogen-bond acceptors (Lipinski definition) is 3. The Hall–Kier alpha value is -0.870. The summed E-state index contributed by atoms with van der Waals surface area (Å²) in [6.07, 6.45) is 0. The lowest BCUT2D eigenvalue weighted by Crippen LogP contribution is -2.24. The monoisotopic (exact) mass is 310 g/mol. The van der Waals surface area contributed by atoms with Crippen LogP contribution in [0.15, 0.2) is 35.7 Å². The molecule has 1 aromatic heterocycles. The Kier molecular flexibility index (Phi) is 4.57. The van der Waals surface area contributed by atoms with Crippen molar-refractivity contribution in [1.82, 2.24) is 4.98 Å². The van der Waals surface area contributed by atoms with E-state index in [9.17, 15) is 0 Å². The average Bonchev–Trinajstić information content (AvgIpc) is 2.77. The highest BCUT2D eigenvalue weighted by molar-refractivity contribution is 9.09. The largest absolute Gasteiger partial charge is 0.343 e. The zero-order valence-corrected chi connectivity index (χ0v) is 12.2. The van der Waals surface area contributed by atoms with Crippen molar-refractivity contribution in [3.05, 3.63) is 47.0 Å². The molecular weight excluding hydrogens is 296 g/mol. The minimum absolute atomic E-state index is 0.916. The van der Waals surface area contributed by atoms with Crippen LogP contribution >= 0.6 is 27.3 Å². The molecule has 0 spiro atoms. The van der Waals surface area contributed by atoms with Gasteiger partial charge in [-0.25, -0.2) is 4.98 Å². The molecule has 0 fully saturated rings. The second-order valence-electron chi connectivity index (χ2n) is 3.87. The van der Waals surface area contributed by atoms with E-state index in [0.717, 1.165) is 29.2 Å². The van der Waals surface area contributed by atoms with Crippen molar-refractivity contribution in [2.75, 3.05) is 16.8 Å². The predicted octanol–water partition coefficient (Wildman–Crippen LogP) is 3.85. The Morgan fingerprint density at radius 2 is 2.06 bits per heavy atom. The van der Waals surface area contributed by atoms with Crippen LogP contribution in [0.1, 0.15) is 11.3 Å². The summed E-state index contributed by atoms with van der Waals surface area (Å²) in [5, 5.41) is 4.16. The highest BCUT2D eigenvalue weighted by atomic mass is 79.9. The van der Waals surface area contributed by atoms with Crippen molar-refractivity contribution < 1.29 is 0 Å². The van der Waals surface area contributed by atoms with Crippen LogP contribution in [0.3, 0.4) is 0 Å². The molecule has 0 amide bonds. The van der Waals surface area contributed by atoms with Gasteiger partial charge in [0.25, 0.3) is 0 Å².